The summed E-state index contributed by atoms with van der Waals surface area (Å²) in [6, 6.07) is 10.2. The highest BCUT2D eigenvalue weighted by molar-refractivity contribution is 7.22. The summed E-state index contributed by atoms with van der Waals surface area (Å²) in [4.78, 5) is 16.6. The fourth-order valence-electron chi connectivity index (χ4n) is 2.26. The van der Waals surface area contributed by atoms with Crippen molar-refractivity contribution in [1.82, 2.24) is 4.98 Å². The Hall–Kier alpha value is -2.47. The van der Waals surface area contributed by atoms with E-state index in [9.17, 15) is 9.18 Å². The number of anilines is 1. The van der Waals surface area contributed by atoms with Crippen molar-refractivity contribution in [1.29, 1.82) is 0 Å². The number of nitrogens with one attached hydrogen (secondary N) is 1. The van der Waals surface area contributed by atoms with Crippen LogP contribution in [0.4, 0.5) is 9.52 Å². The molecule has 1 heterocycles. The first kappa shape index (κ1) is 16.4. The number of nitrogens with zero attached hydrogens (tertiary/aromatic N) is 1. The molecule has 2 aromatic carbocycles. The molecule has 0 atom stereocenters. The van der Waals surface area contributed by atoms with Gasteiger partial charge in [-0.2, -0.15) is 0 Å². The normalized spacial score (nSPS) is 10.8. The first-order chi connectivity index (χ1) is 11.6. The minimum atomic E-state index is -0.371. The molecule has 6 heteroatoms. The van der Waals surface area contributed by atoms with Gasteiger partial charge < -0.3 is 10.1 Å². The maximum absolute atomic E-state index is 13.5. The second-order valence-corrected chi connectivity index (χ2v) is 6.35. The molecule has 0 aliphatic rings. The van der Waals surface area contributed by atoms with E-state index in [0.29, 0.717) is 22.9 Å². The maximum atomic E-state index is 13.5. The molecule has 1 N–H and O–H groups in total. The molecule has 3 aromatic rings. The quantitative estimate of drug-likeness (QED) is 0.672. The predicted octanol–water partition coefficient (Wildman–Crippen LogP) is 4.44. The molecule has 3 rings (SSSR count). The third kappa shape index (κ3) is 3.54. The highest BCUT2D eigenvalue weighted by atomic mass is 32.1. The maximum Gasteiger partial charge on any atom is 0.184 e. The molecule has 0 bridgehead atoms. The number of hydrogen-bond acceptors (Lipinski definition) is 5. The summed E-state index contributed by atoms with van der Waals surface area (Å²) in [6.07, 6.45) is 0. The van der Waals surface area contributed by atoms with Gasteiger partial charge in [-0.15, -0.1) is 0 Å². The van der Waals surface area contributed by atoms with Crippen LogP contribution in [0.5, 0.6) is 5.75 Å². The zero-order chi connectivity index (χ0) is 17.1. The summed E-state index contributed by atoms with van der Waals surface area (Å²) >= 11 is 1.45. The summed E-state index contributed by atoms with van der Waals surface area (Å²) < 4.78 is 20.0. The zero-order valence-electron chi connectivity index (χ0n) is 13.4. The van der Waals surface area contributed by atoms with Crippen molar-refractivity contribution in [2.45, 2.75) is 13.8 Å². The first-order valence-electron chi connectivity index (χ1n) is 7.63. The average molecular weight is 344 g/mol. The molecule has 0 saturated heterocycles. The van der Waals surface area contributed by atoms with Crippen LogP contribution in [-0.4, -0.2) is 23.9 Å². The number of thiazole rings is 1. The van der Waals surface area contributed by atoms with E-state index >= 15 is 0 Å². The fraction of sp³-hybridized carbons (Fsp3) is 0.222. The van der Waals surface area contributed by atoms with Gasteiger partial charge >= 0.3 is 0 Å². The molecular formula is C18H17FN2O2S. The number of ether oxygens (including phenoxy) is 1. The van der Waals surface area contributed by atoms with Crippen molar-refractivity contribution in [2.24, 2.45) is 0 Å². The summed E-state index contributed by atoms with van der Waals surface area (Å²) in [5.41, 5.74) is 1.72. The van der Waals surface area contributed by atoms with Gasteiger partial charge in [0.25, 0.3) is 0 Å². The Kier molecular flexibility index (Phi) is 4.76. The number of aryl methyl sites for hydroxylation is 1. The summed E-state index contributed by atoms with van der Waals surface area (Å²) in [7, 11) is 0. The molecule has 0 unspecified atom stereocenters. The molecule has 0 fully saturated rings. The number of fused-ring (bicyclic) bond motifs is 1. The van der Waals surface area contributed by atoms with E-state index in [1.54, 1.807) is 19.1 Å². The van der Waals surface area contributed by atoms with E-state index in [1.165, 1.54) is 17.4 Å². The van der Waals surface area contributed by atoms with Crippen molar-refractivity contribution in [3.63, 3.8) is 0 Å². The number of Topliss-reactive ketones (excluding diaryl/α,β-unsaturated/α-hetero) is 1. The van der Waals surface area contributed by atoms with E-state index in [1.807, 2.05) is 25.1 Å². The van der Waals surface area contributed by atoms with Gasteiger partial charge in [-0.05, 0) is 43.7 Å². The number of aromatic nitrogens is 1. The zero-order valence-corrected chi connectivity index (χ0v) is 14.2. The molecular weight excluding hydrogens is 327 g/mol. The molecule has 0 saturated carbocycles. The standard InChI is InChI=1S/C18H17FN2O2S/c1-3-23-13-6-7-15-17(9-13)24-18(21-15)20-10-16(22)12-5-4-11(2)14(19)8-12/h4-9H,3,10H2,1-2H3,(H,20,21). The van der Waals surface area contributed by atoms with Crippen molar-refractivity contribution in [3.05, 3.63) is 53.3 Å². The van der Waals surface area contributed by atoms with Gasteiger partial charge in [-0.3, -0.25) is 4.79 Å². The third-order valence-corrected chi connectivity index (χ3v) is 4.54. The lowest BCUT2D eigenvalue weighted by Crippen LogP contribution is -2.14. The first-order valence-corrected chi connectivity index (χ1v) is 8.45. The topological polar surface area (TPSA) is 51.2 Å². The Morgan fingerprint density at radius 2 is 2.12 bits per heavy atom. The van der Waals surface area contributed by atoms with Crippen molar-refractivity contribution in [3.8, 4) is 5.75 Å². The Labute approximate surface area is 143 Å². The lowest BCUT2D eigenvalue weighted by Gasteiger charge is -2.03. The van der Waals surface area contributed by atoms with Crippen LogP contribution in [0.1, 0.15) is 22.8 Å². The molecule has 0 spiro atoms. The average Bonchev–Trinajstić information content (AvgIpc) is 2.97. The van der Waals surface area contributed by atoms with E-state index in [2.05, 4.69) is 10.3 Å². The fourth-order valence-corrected chi connectivity index (χ4v) is 3.15. The molecule has 24 heavy (non-hydrogen) atoms. The number of halogens is 1. The van der Waals surface area contributed by atoms with E-state index in [0.717, 1.165) is 16.0 Å². The molecule has 0 radical (unpaired) electrons. The highest BCUT2D eigenvalue weighted by Gasteiger charge is 2.10. The predicted molar refractivity (Wildman–Crippen MR) is 94.7 cm³/mol. The largest absolute Gasteiger partial charge is 0.494 e. The number of hydrogen-bond donors (Lipinski definition) is 1. The Morgan fingerprint density at radius 3 is 2.88 bits per heavy atom. The highest BCUT2D eigenvalue weighted by Crippen LogP contribution is 2.29. The van der Waals surface area contributed by atoms with E-state index < -0.39 is 0 Å². The molecule has 1 aromatic heterocycles. The molecule has 4 nitrogen and oxygen atoms in total. The molecule has 0 aliphatic heterocycles. The number of benzene rings is 2. The monoisotopic (exact) mass is 344 g/mol. The van der Waals surface area contributed by atoms with E-state index in [4.69, 9.17) is 4.74 Å². The Bertz CT molecular complexity index is 892. The van der Waals surface area contributed by atoms with Crippen molar-refractivity contribution in [2.75, 3.05) is 18.5 Å². The van der Waals surface area contributed by atoms with Gasteiger partial charge in [0.05, 0.1) is 23.4 Å². The van der Waals surface area contributed by atoms with Gasteiger partial charge in [-0.1, -0.05) is 23.5 Å². The van der Waals surface area contributed by atoms with Crippen LogP contribution in [0.2, 0.25) is 0 Å². The molecule has 0 aliphatic carbocycles. The van der Waals surface area contributed by atoms with Gasteiger partial charge in [0, 0.05) is 5.56 Å². The Morgan fingerprint density at radius 1 is 1.29 bits per heavy atom. The number of carbonyl (C=O) groups excluding carboxylic acids is 1. The SMILES string of the molecule is CCOc1ccc2nc(NCC(=O)c3ccc(C)c(F)c3)sc2c1. The van der Waals surface area contributed by atoms with Crippen LogP contribution in [0.3, 0.4) is 0 Å². The smallest absolute Gasteiger partial charge is 0.184 e. The van der Waals surface area contributed by atoms with Crippen molar-refractivity contribution >= 4 is 32.5 Å². The third-order valence-electron chi connectivity index (χ3n) is 3.56. The van der Waals surface area contributed by atoms with Crippen LogP contribution >= 0.6 is 11.3 Å². The van der Waals surface area contributed by atoms with Crippen LogP contribution < -0.4 is 10.1 Å². The van der Waals surface area contributed by atoms with Crippen LogP contribution in [0.25, 0.3) is 10.2 Å². The summed E-state index contributed by atoms with van der Waals surface area (Å²) in [5, 5.41) is 3.66. The minimum Gasteiger partial charge on any atom is -0.494 e. The lowest BCUT2D eigenvalue weighted by molar-refractivity contribution is 0.101. The second-order valence-electron chi connectivity index (χ2n) is 5.32. The van der Waals surface area contributed by atoms with Crippen LogP contribution in [0.15, 0.2) is 36.4 Å². The number of rotatable bonds is 6. The van der Waals surface area contributed by atoms with Crippen molar-refractivity contribution < 1.29 is 13.9 Å². The summed E-state index contributed by atoms with van der Waals surface area (Å²) in [5.74, 6) is 0.249. The molecule has 124 valence electrons. The van der Waals surface area contributed by atoms with Gasteiger partial charge in [-0.25, -0.2) is 9.37 Å². The number of ketones is 1. The summed E-state index contributed by atoms with van der Waals surface area (Å²) in [6.45, 7) is 4.28. The molecule has 0 amide bonds. The number of carbonyl (C=O) groups is 1. The van der Waals surface area contributed by atoms with E-state index in [-0.39, 0.29) is 18.1 Å². The Balaban J connectivity index is 1.70. The lowest BCUT2D eigenvalue weighted by atomic mass is 10.1. The second kappa shape index (κ2) is 6.97. The minimum absolute atomic E-state index is 0.0701. The van der Waals surface area contributed by atoms with Gasteiger partial charge in [0.2, 0.25) is 0 Å². The van der Waals surface area contributed by atoms with Gasteiger partial charge in [0.1, 0.15) is 11.6 Å². The van der Waals surface area contributed by atoms with Crippen LogP contribution in [0, 0.1) is 12.7 Å². The van der Waals surface area contributed by atoms with Gasteiger partial charge in [0.15, 0.2) is 10.9 Å². The van der Waals surface area contributed by atoms with Crippen LogP contribution in [-0.2, 0) is 0 Å².